The van der Waals surface area contributed by atoms with Crippen LogP contribution in [0.4, 0.5) is 13.2 Å². The first kappa shape index (κ1) is 23.4. The molecule has 1 saturated heterocycles. The molecule has 4 rings (SSSR count). The van der Waals surface area contributed by atoms with Gasteiger partial charge in [0.25, 0.3) is 11.8 Å². The maximum atomic E-state index is 13.0. The predicted molar refractivity (Wildman–Crippen MR) is 120 cm³/mol. The number of hydrogen-bond donors (Lipinski definition) is 0. The normalized spacial score (nSPS) is 14.1. The second-order valence-corrected chi connectivity index (χ2v) is 7.96. The third-order valence-electron chi connectivity index (χ3n) is 5.64. The van der Waals surface area contributed by atoms with Crippen molar-refractivity contribution in [3.63, 3.8) is 0 Å². The minimum absolute atomic E-state index is 0.160. The van der Waals surface area contributed by atoms with E-state index in [4.69, 9.17) is 4.74 Å². The number of hydrogen-bond acceptors (Lipinski definition) is 3. The van der Waals surface area contributed by atoms with Gasteiger partial charge in [-0.3, -0.25) is 9.59 Å². The topological polar surface area (TPSA) is 49.9 Å². The Labute approximate surface area is 195 Å². The zero-order chi connectivity index (χ0) is 24.1. The molecule has 0 aromatic heterocycles. The molecule has 0 bridgehead atoms. The van der Waals surface area contributed by atoms with Gasteiger partial charge in [0.1, 0.15) is 12.4 Å². The van der Waals surface area contributed by atoms with Crippen molar-refractivity contribution in [3.05, 3.63) is 101 Å². The monoisotopic (exact) mass is 468 g/mol. The molecule has 0 N–H and O–H groups in total. The number of ether oxygens (including phenoxy) is 1. The van der Waals surface area contributed by atoms with Crippen LogP contribution in [0, 0.1) is 0 Å². The van der Waals surface area contributed by atoms with E-state index in [1.807, 2.05) is 30.3 Å². The first-order valence-corrected chi connectivity index (χ1v) is 10.8. The molecule has 2 amide bonds. The molecule has 3 aromatic rings. The smallest absolute Gasteiger partial charge is 0.416 e. The molecule has 1 aliphatic heterocycles. The van der Waals surface area contributed by atoms with E-state index < -0.39 is 11.7 Å². The number of amides is 2. The fraction of sp³-hybridized carbons (Fsp3) is 0.231. The van der Waals surface area contributed by atoms with Gasteiger partial charge >= 0.3 is 6.18 Å². The van der Waals surface area contributed by atoms with Crippen molar-refractivity contribution in [2.45, 2.75) is 12.8 Å². The number of carbonyl (C=O) groups excluding carboxylic acids is 2. The maximum Gasteiger partial charge on any atom is 0.416 e. The summed E-state index contributed by atoms with van der Waals surface area (Å²) in [6.07, 6.45) is -4.45. The van der Waals surface area contributed by atoms with Crippen LogP contribution in [0.3, 0.4) is 0 Å². The summed E-state index contributed by atoms with van der Waals surface area (Å²) in [6.45, 7) is 1.66. The Kier molecular flexibility index (Phi) is 6.86. The van der Waals surface area contributed by atoms with E-state index in [2.05, 4.69) is 0 Å². The highest BCUT2D eigenvalue weighted by Crippen LogP contribution is 2.29. The Morgan fingerprint density at radius 2 is 1.32 bits per heavy atom. The van der Waals surface area contributed by atoms with Crippen LogP contribution in [0.1, 0.15) is 31.8 Å². The molecule has 0 aliphatic carbocycles. The molecule has 1 fully saturated rings. The molecule has 0 spiro atoms. The van der Waals surface area contributed by atoms with Crippen LogP contribution < -0.4 is 4.74 Å². The molecule has 8 heteroatoms. The van der Waals surface area contributed by atoms with Crippen molar-refractivity contribution in [2.24, 2.45) is 0 Å². The minimum Gasteiger partial charge on any atom is -0.489 e. The number of rotatable bonds is 5. The molecule has 1 heterocycles. The quantitative estimate of drug-likeness (QED) is 0.536. The molecule has 0 unspecified atom stereocenters. The lowest BCUT2D eigenvalue weighted by Gasteiger charge is -2.35. The van der Waals surface area contributed by atoms with Gasteiger partial charge in [-0.15, -0.1) is 0 Å². The molecule has 0 atom stereocenters. The lowest BCUT2D eigenvalue weighted by atomic mass is 10.1. The van der Waals surface area contributed by atoms with Gasteiger partial charge in [0.2, 0.25) is 0 Å². The summed E-state index contributed by atoms with van der Waals surface area (Å²) in [5, 5.41) is 0. The van der Waals surface area contributed by atoms with Crippen LogP contribution in [0.25, 0.3) is 0 Å². The molecule has 34 heavy (non-hydrogen) atoms. The Morgan fingerprint density at radius 1 is 0.735 bits per heavy atom. The van der Waals surface area contributed by atoms with Gasteiger partial charge in [0.15, 0.2) is 0 Å². The minimum atomic E-state index is -4.45. The lowest BCUT2D eigenvalue weighted by Crippen LogP contribution is -2.50. The van der Waals surface area contributed by atoms with E-state index in [9.17, 15) is 22.8 Å². The van der Waals surface area contributed by atoms with Crippen molar-refractivity contribution in [1.29, 1.82) is 0 Å². The fourth-order valence-corrected chi connectivity index (χ4v) is 3.74. The number of piperazine rings is 1. The van der Waals surface area contributed by atoms with Crippen molar-refractivity contribution < 1.29 is 27.5 Å². The summed E-state index contributed by atoms with van der Waals surface area (Å²) in [7, 11) is 0. The predicted octanol–water partition coefficient (Wildman–Crippen LogP) is 4.88. The second-order valence-electron chi connectivity index (χ2n) is 7.96. The van der Waals surface area contributed by atoms with E-state index in [0.717, 1.165) is 17.7 Å². The zero-order valence-corrected chi connectivity index (χ0v) is 18.3. The first-order chi connectivity index (χ1) is 16.3. The van der Waals surface area contributed by atoms with Crippen LogP contribution in [0.2, 0.25) is 0 Å². The van der Waals surface area contributed by atoms with Gasteiger partial charge in [-0.05, 0) is 48.0 Å². The molecule has 3 aromatic carbocycles. The van der Waals surface area contributed by atoms with Crippen LogP contribution >= 0.6 is 0 Å². The van der Waals surface area contributed by atoms with Gasteiger partial charge in [-0.25, -0.2) is 0 Å². The van der Waals surface area contributed by atoms with Crippen LogP contribution in [-0.2, 0) is 12.8 Å². The standard InChI is InChI=1S/C26H23F3N2O3/c27-26(28,29)22-11-9-20(10-12-22)24(32)30-13-15-31(16-14-30)25(33)21-7-4-8-23(17-21)34-18-19-5-2-1-3-6-19/h1-12,17H,13-16,18H2. The molecule has 0 saturated carbocycles. The van der Waals surface area contributed by atoms with Gasteiger partial charge < -0.3 is 14.5 Å². The van der Waals surface area contributed by atoms with Crippen molar-refractivity contribution in [3.8, 4) is 5.75 Å². The summed E-state index contributed by atoms with van der Waals surface area (Å²) >= 11 is 0. The van der Waals surface area contributed by atoms with Gasteiger partial charge in [-0.2, -0.15) is 13.2 Å². The average Bonchev–Trinajstić information content (AvgIpc) is 2.87. The highest BCUT2D eigenvalue weighted by atomic mass is 19.4. The summed E-state index contributed by atoms with van der Waals surface area (Å²) in [4.78, 5) is 28.8. The fourth-order valence-electron chi connectivity index (χ4n) is 3.74. The number of nitrogens with zero attached hydrogens (tertiary/aromatic N) is 2. The van der Waals surface area contributed by atoms with Crippen molar-refractivity contribution >= 4 is 11.8 Å². The largest absolute Gasteiger partial charge is 0.489 e. The molecular formula is C26H23F3N2O3. The third kappa shape index (κ3) is 5.57. The number of benzene rings is 3. The van der Waals surface area contributed by atoms with E-state index >= 15 is 0 Å². The number of alkyl halides is 3. The Bertz CT molecular complexity index is 1140. The van der Waals surface area contributed by atoms with Crippen LogP contribution in [-0.4, -0.2) is 47.8 Å². The van der Waals surface area contributed by atoms with Gasteiger partial charge in [0.05, 0.1) is 5.56 Å². The Morgan fingerprint density at radius 3 is 1.91 bits per heavy atom. The van der Waals surface area contributed by atoms with Crippen molar-refractivity contribution in [2.75, 3.05) is 26.2 Å². The van der Waals surface area contributed by atoms with E-state index in [-0.39, 0.29) is 17.4 Å². The zero-order valence-electron chi connectivity index (χ0n) is 18.3. The van der Waals surface area contributed by atoms with Crippen LogP contribution in [0.15, 0.2) is 78.9 Å². The second kappa shape index (κ2) is 9.99. The summed E-state index contributed by atoms with van der Waals surface area (Å²) in [5.41, 5.74) is 0.909. The third-order valence-corrected chi connectivity index (χ3v) is 5.64. The van der Waals surface area contributed by atoms with Crippen molar-refractivity contribution in [1.82, 2.24) is 9.80 Å². The summed E-state index contributed by atoms with van der Waals surface area (Å²) < 4.78 is 44.0. The Balaban J connectivity index is 1.33. The molecule has 176 valence electrons. The number of halogens is 3. The van der Waals surface area contributed by atoms with E-state index in [1.54, 1.807) is 34.1 Å². The maximum absolute atomic E-state index is 13.0. The highest BCUT2D eigenvalue weighted by Gasteiger charge is 2.31. The van der Waals surface area contributed by atoms with Gasteiger partial charge in [0, 0.05) is 37.3 Å². The van der Waals surface area contributed by atoms with Gasteiger partial charge in [-0.1, -0.05) is 36.4 Å². The molecule has 5 nitrogen and oxygen atoms in total. The lowest BCUT2D eigenvalue weighted by molar-refractivity contribution is -0.137. The molecular weight excluding hydrogens is 445 g/mol. The highest BCUT2D eigenvalue weighted by molar-refractivity contribution is 5.96. The molecule has 1 aliphatic rings. The average molecular weight is 468 g/mol. The number of carbonyl (C=O) groups is 2. The summed E-state index contributed by atoms with van der Waals surface area (Å²) in [5.74, 6) is 0.0785. The van der Waals surface area contributed by atoms with E-state index in [1.165, 1.54) is 12.1 Å². The molecule has 0 radical (unpaired) electrons. The Hall–Kier alpha value is -3.81. The SMILES string of the molecule is O=C(c1ccc(C(F)(F)F)cc1)N1CCN(C(=O)c2cccc(OCc3ccccc3)c2)CC1. The first-order valence-electron chi connectivity index (χ1n) is 10.8. The van der Waals surface area contributed by atoms with Crippen LogP contribution in [0.5, 0.6) is 5.75 Å². The summed E-state index contributed by atoms with van der Waals surface area (Å²) in [6, 6.07) is 20.9. The van der Waals surface area contributed by atoms with E-state index in [0.29, 0.717) is 44.1 Å².